The van der Waals surface area contributed by atoms with Crippen molar-refractivity contribution in [1.82, 2.24) is 4.90 Å². The van der Waals surface area contributed by atoms with Crippen LogP contribution in [0.2, 0.25) is 0 Å². The summed E-state index contributed by atoms with van der Waals surface area (Å²) in [7, 11) is 2.26. The monoisotopic (exact) mass is 288 g/mol. The van der Waals surface area contributed by atoms with E-state index in [1.54, 1.807) is 0 Å². The lowest BCUT2D eigenvalue weighted by atomic mass is 9.83. The normalized spacial score (nSPS) is 25.8. The standard InChI is InChI=1S/C19H32N2/c1-5-16-8-12-18(13-9-16)21(4)15(3)19(20)17-10-6-14(2)7-11-17/h6-7,10-11,15-16,18-19H,5,8-9,12-13,20H2,1-4H3. The number of benzene rings is 1. The maximum Gasteiger partial charge on any atom is 0.0450 e. The number of nitrogens with zero attached hydrogens (tertiary/aromatic N) is 1. The van der Waals surface area contributed by atoms with Crippen molar-refractivity contribution in [3.05, 3.63) is 35.4 Å². The molecule has 1 aromatic carbocycles. The Kier molecular flexibility index (Phi) is 5.83. The first-order valence-electron chi connectivity index (χ1n) is 8.57. The molecule has 1 aromatic rings. The highest BCUT2D eigenvalue weighted by molar-refractivity contribution is 5.24. The number of aryl methyl sites for hydroxylation is 1. The molecule has 21 heavy (non-hydrogen) atoms. The third kappa shape index (κ3) is 4.08. The van der Waals surface area contributed by atoms with Crippen LogP contribution in [0.4, 0.5) is 0 Å². The molecule has 2 unspecified atom stereocenters. The van der Waals surface area contributed by atoms with Crippen LogP contribution in [0.1, 0.15) is 63.1 Å². The van der Waals surface area contributed by atoms with Crippen LogP contribution >= 0.6 is 0 Å². The van der Waals surface area contributed by atoms with Crippen molar-refractivity contribution in [1.29, 1.82) is 0 Å². The van der Waals surface area contributed by atoms with Crippen molar-refractivity contribution in [3.8, 4) is 0 Å². The van der Waals surface area contributed by atoms with Gasteiger partial charge in [-0.2, -0.15) is 0 Å². The van der Waals surface area contributed by atoms with E-state index in [1.165, 1.54) is 43.2 Å². The minimum absolute atomic E-state index is 0.0968. The van der Waals surface area contributed by atoms with E-state index in [-0.39, 0.29) is 6.04 Å². The number of hydrogen-bond acceptors (Lipinski definition) is 2. The molecule has 0 aromatic heterocycles. The number of rotatable bonds is 5. The lowest BCUT2D eigenvalue weighted by molar-refractivity contribution is 0.113. The van der Waals surface area contributed by atoms with Crippen LogP contribution in [-0.2, 0) is 0 Å². The van der Waals surface area contributed by atoms with Crippen molar-refractivity contribution in [2.24, 2.45) is 11.7 Å². The molecular weight excluding hydrogens is 256 g/mol. The molecule has 0 amide bonds. The molecular formula is C19H32N2. The van der Waals surface area contributed by atoms with Gasteiger partial charge in [0.2, 0.25) is 0 Å². The molecule has 0 spiro atoms. The van der Waals surface area contributed by atoms with Crippen LogP contribution in [0.25, 0.3) is 0 Å². The molecule has 0 bridgehead atoms. The summed E-state index contributed by atoms with van der Waals surface area (Å²) in [4.78, 5) is 2.52. The van der Waals surface area contributed by atoms with E-state index in [1.807, 2.05) is 0 Å². The molecule has 0 saturated heterocycles. The van der Waals surface area contributed by atoms with Crippen molar-refractivity contribution in [2.45, 2.75) is 71.0 Å². The Morgan fingerprint density at radius 1 is 1.14 bits per heavy atom. The maximum absolute atomic E-state index is 6.51. The third-order valence-corrected chi connectivity index (χ3v) is 5.59. The minimum Gasteiger partial charge on any atom is -0.323 e. The van der Waals surface area contributed by atoms with E-state index in [2.05, 4.69) is 57.0 Å². The maximum atomic E-state index is 6.51. The number of hydrogen-bond donors (Lipinski definition) is 1. The SMILES string of the molecule is CCC1CCC(N(C)C(C)C(N)c2ccc(C)cc2)CC1. The second-order valence-corrected chi connectivity index (χ2v) is 6.93. The highest BCUT2D eigenvalue weighted by atomic mass is 15.2. The van der Waals surface area contributed by atoms with Gasteiger partial charge < -0.3 is 5.73 Å². The molecule has 0 radical (unpaired) electrons. The molecule has 1 fully saturated rings. The van der Waals surface area contributed by atoms with Gasteiger partial charge in [0.15, 0.2) is 0 Å². The van der Waals surface area contributed by atoms with E-state index in [4.69, 9.17) is 5.73 Å². The fourth-order valence-corrected chi connectivity index (χ4v) is 3.61. The predicted molar refractivity (Wildman–Crippen MR) is 91.4 cm³/mol. The van der Waals surface area contributed by atoms with E-state index >= 15 is 0 Å². The topological polar surface area (TPSA) is 29.3 Å². The van der Waals surface area contributed by atoms with Crippen LogP contribution in [-0.4, -0.2) is 24.0 Å². The Hall–Kier alpha value is -0.860. The second kappa shape index (κ2) is 7.42. The van der Waals surface area contributed by atoms with Gasteiger partial charge in [-0.25, -0.2) is 0 Å². The highest BCUT2D eigenvalue weighted by Gasteiger charge is 2.28. The molecule has 2 N–H and O–H groups in total. The van der Waals surface area contributed by atoms with E-state index in [9.17, 15) is 0 Å². The molecule has 0 heterocycles. The van der Waals surface area contributed by atoms with Crippen LogP contribution in [0.5, 0.6) is 0 Å². The smallest absolute Gasteiger partial charge is 0.0450 e. The average molecular weight is 288 g/mol. The molecule has 1 saturated carbocycles. The summed E-state index contributed by atoms with van der Waals surface area (Å²) in [6.07, 6.45) is 6.78. The van der Waals surface area contributed by atoms with E-state index < -0.39 is 0 Å². The molecule has 2 atom stereocenters. The average Bonchev–Trinajstić information content (AvgIpc) is 2.53. The van der Waals surface area contributed by atoms with Gasteiger partial charge >= 0.3 is 0 Å². The van der Waals surface area contributed by atoms with Gasteiger partial charge in [-0.3, -0.25) is 4.90 Å². The molecule has 2 rings (SSSR count). The Balaban J connectivity index is 1.95. The van der Waals surface area contributed by atoms with E-state index in [0.717, 1.165) is 5.92 Å². The Morgan fingerprint density at radius 3 is 2.24 bits per heavy atom. The predicted octanol–water partition coefficient (Wildman–Crippen LogP) is 4.28. The Morgan fingerprint density at radius 2 is 1.71 bits per heavy atom. The number of nitrogens with two attached hydrogens (primary N) is 1. The summed E-state index contributed by atoms with van der Waals surface area (Å²) < 4.78 is 0. The van der Waals surface area contributed by atoms with Crippen molar-refractivity contribution >= 4 is 0 Å². The molecule has 0 aliphatic heterocycles. The van der Waals surface area contributed by atoms with Crippen molar-refractivity contribution in [3.63, 3.8) is 0 Å². The first-order chi connectivity index (χ1) is 10.0. The molecule has 2 heteroatoms. The van der Waals surface area contributed by atoms with Gasteiger partial charge in [0.1, 0.15) is 0 Å². The lowest BCUT2D eigenvalue weighted by Crippen LogP contribution is -2.45. The first-order valence-corrected chi connectivity index (χ1v) is 8.57. The largest absolute Gasteiger partial charge is 0.323 e. The fraction of sp³-hybridized carbons (Fsp3) is 0.684. The van der Waals surface area contributed by atoms with Gasteiger partial charge in [-0.1, -0.05) is 43.2 Å². The molecule has 2 nitrogen and oxygen atoms in total. The van der Waals surface area contributed by atoms with Gasteiger partial charge in [-0.15, -0.1) is 0 Å². The van der Waals surface area contributed by atoms with Gasteiger partial charge in [0.25, 0.3) is 0 Å². The van der Waals surface area contributed by atoms with E-state index in [0.29, 0.717) is 12.1 Å². The zero-order valence-electron chi connectivity index (χ0n) is 14.2. The Labute approximate surface area is 130 Å². The second-order valence-electron chi connectivity index (χ2n) is 6.93. The summed E-state index contributed by atoms with van der Waals surface area (Å²) in [6.45, 7) is 6.72. The molecule has 1 aliphatic carbocycles. The van der Waals surface area contributed by atoms with Gasteiger partial charge in [0.05, 0.1) is 0 Å². The van der Waals surface area contributed by atoms with Gasteiger partial charge in [-0.05, 0) is 58.1 Å². The molecule has 1 aliphatic rings. The van der Waals surface area contributed by atoms with Crippen LogP contribution in [0.3, 0.4) is 0 Å². The number of likely N-dealkylation sites (N-methyl/N-ethyl adjacent to an activating group) is 1. The third-order valence-electron chi connectivity index (χ3n) is 5.59. The van der Waals surface area contributed by atoms with Crippen LogP contribution in [0, 0.1) is 12.8 Å². The molecule has 118 valence electrons. The summed E-state index contributed by atoms with van der Waals surface area (Å²) in [5.74, 6) is 0.954. The van der Waals surface area contributed by atoms with Crippen LogP contribution in [0.15, 0.2) is 24.3 Å². The summed E-state index contributed by atoms with van der Waals surface area (Å²) in [6, 6.07) is 9.87. The van der Waals surface area contributed by atoms with Gasteiger partial charge in [0, 0.05) is 18.1 Å². The minimum atomic E-state index is 0.0968. The summed E-state index contributed by atoms with van der Waals surface area (Å²) >= 11 is 0. The lowest BCUT2D eigenvalue weighted by Gasteiger charge is -2.40. The van der Waals surface area contributed by atoms with Crippen molar-refractivity contribution in [2.75, 3.05) is 7.05 Å². The zero-order chi connectivity index (χ0) is 15.4. The van der Waals surface area contributed by atoms with Crippen LogP contribution < -0.4 is 5.73 Å². The summed E-state index contributed by atoms with van der Waals surface area (Å²) in [5, 5.41) is 0. The fourth-order valence-electron chi connectivity index (χ4n) is 3.61. The highest BCUT2D eigenvalue weighted by Crippen LogP contribution is 2.31. The zero-order valence-corrected chi connectivity index (χ0v) is 14.2. The summed E-state index contributed by atoms with van der Waals surface area (Å²) in [5.41, 5.74) is 9.06. The Bertz CT molecular complexity index is 418. The first kappa shape index (κ1) is 16.5. The van der Waals surface area contributed by atoms with Crippen molar-refractivity contribution < 1.29 is 0 Å². The quantitative estimate of drug-likeness (QED) is 0.876.